The predicted molar refractivity (Wildman–Crippen MR) is 133 cm³/mol. The van der Waals surface area contributed by atoms with Gasteiger partial charge < -0.3 is 10.1 Å². The number of anilines is 1. The second-order valence-electron chi connectivity index (χ2n) is 7.96. The van der Waals surface area contributed by atoms with Crippen molar-refractivity contribution in [2.45, 2.75) is 12.7 Å². The lowest BCUT2D eigenvalue weighted by Crippen LogP contribution is -2.10. The van der Waals surface area contributed by atoms with Crippen molar-refractivity contribution >= 4 is 17.3 Å². The molecule has 2 aromatic carbocycles. The van der Waals surface area contributed by atoms with Crippen LogP contribution in [0.15, 0.2) is 85.5 Å². The lowest BCUT2D eigenvalue weighted by Gasteiger charge is -2.12. The number of nitrogens with one attached hydrogen (secondary N) is 2. The summed E-state index contributed by atoms with van der Waals surface area (Å²) < 4.78 is 45.9. The normalized spacial score (nSPS) is 11.4. The summed E-state index contributed by atoms with van der Waals surface area (Å²) in [5, 5.41) is 9.98. The number of aromatic nitrogens is 5. The van der Waals surface area contributed by atoms with Crippen LogP contribution in [-0.2, 0) is 12.7 Å². The maximum Gasteiger partial charge on any atom is 0.433 e. The third-order valence-electron chi connectivity index (χ3n) is 5.27. The zero-order valence-electron chi connectivity index (χ0n) is 19.0. The fraction of sp³-hybridized carbons (Fsp3) is 0.0769. The maximum atomic E-state index is 13.4. The van der Waals surface area contributed by atoms with Crippen LogP contribution in [0.4, 0.5) is 18.9 Å². The molecule has 0 radical (unpaired) electrons. The summed E-state index contributed by atoms with van der Waals surface area (Å²) in [5.74, 6) is 1.82. The van der Waals surface area contributed by atoms with Crippen LogP contribution in [0.25, 0.3) is 22.6 Å². The number of halogens is 4. The predicted octanol–water partition coefficient (Wildman–Crippen LogP) is 7.01. The molecule has 37 heavy (non-hydrogen) atoms. The van der Waals surface area contributed by atoms with Crippen LogP contribution >= 0.6 is 11.6 Å². The van der Waals surface area contributed by atoms with Crippen molar-refractivity contribution in [3.05, 3.63) is 102 Å². The van der Waals surface area contributed by atoms with Crippen molar-refractivity contribution in [1.29, 1.82) is 0 Å². The zero-order chi connectivity index (χ0) is 25.8. The number of ether oxygens (including phenoxy) is 1. The van der Waals surface area contributed by atoms with Crippen molar-refractivity contribution in [1.82, 2.24) is 25.1 Å². The summed E-state index contributed by atoms with van der Waals surface area (Å²) >= 11 is 5.89. The van der Waals surface area contributed by atoms with Gasteiger partial charge in [-0.3, -0.25) is 5.10 Å². The van der Waals surface area contributed by atoms with E-state index in [0.717, 1.165) is 11.6 Å². The van der Waals surface area contributed by atoms with Gasteiger partial charge in [-0.15, -0.1) is 0 Å². The van der Waals surface area contributed by atoms with E-state index in [-0.39, 0.29) is 17.9 Å². The Bertz CT molecular complexity index is 1470. The molecule has 0 saturated carbocycles. The summed E-state index contributed by atoms with van der Waals surface area (Å²) in [5.41, 5.74) is 1.36. The smallest absolute Gasteiger partial charge is 0.433 e. The molecule has 0 bridgehead atoms. The quantitative estimate of drug-likeness (QED) is 0.239. The highest BCUT2D eigenvalue weighted by Gasteiger charge is 2.33. The van der Waals surface area contributed by atoms with E-state index in [2.05, 4.69) is 30.5 Å². The third-order valence-corrected chi connectivity index (χ3v) is 5.53. The minimum Gasteiger partial charge on any atom is -0.457 e. The van der Waals surface area contributed by atoms with Crippen molar-refractivity contribution < 1.29 is 17.9 Å². The number of alkyl halides is 3. The Hall–Kier alpha value is -4.44. The first-order valence-electron chi connectivity index (χ1n) is 11.0. The number of rotatable bonds is 7. The molecule has 0 aliphatic carbocycles. The monoisotopic (exact) mass is 522 g/mol. The van der Waals surface area contributed by atoms with Crippen LogP contribution in [0.5, 0.6) is 11.5 Å². The SMILES string of the molecule is FC(F)(F)c1cc(NCc2cnc(-c3ccc(Oc4ccc(Cl)cc4)cc3)nc2)cc(-c2cn[nH]c2)n1. The molecule has 5 rings (SSSR count). The molecule has 0 atom stereocenters. The van der Waals surface area contributed by atoms with Crippen LogP contribution in [0.3, 0.4) is 0 Å². The van der Waals surface area contributed by atoms with Gasteiger partial charge in [-0.2, -0.15) is 18.3 Å². The fourth-order valence-electron chi connectivity index (χ4n) is 3.43. The average molecular weight is 523 g/mol. The Morgan fingerprint density at radius 2 is 1.54 bits per heavy atom. The summed E-state index contributed by atoms with van der Waals surface area (Å²) in [6.45, 7) is 0.223. The van der Waals surface area contributed by atoms with E-state index in [1.807, 2.05) is 24.3 Å². The number of hydrogen-bond donors (Lipinski definition) is 2. The summed E-state index contributed by atoms with van der Waals surface area (Å²) in [7, 11) is 0. The van der Waals surface area contributed by atoms with E-state index in [1.54, 1.807) is 36.7 Å². The topological polar surface area (TPSA) is 88.6 Å². The summed E-state index contributed by atoms with van der Waals surface area (Å²) in [4.78, 5) is 12.5. The minimum absolute atomic E-state index is 0.154. The molecule has 0 aliphatic heterocycles. The van der Waals surface area contributed by atoms with Crippen molar-refractivity contribution in [2.24, 2.45) is 0 Å². The Labute approximate surface area is 214 Å². The van der Waals surface area contributed by atoms with Crippen molar-refractivity contribution in [3.63, 3.8) is 0 Å². The lowest BCUT2D eigenvalue weighted by atomic mass is 10.2. The van der Waals surface area contributed by atoms with Gasteiger partial charge >= 0.3 is 6.18 Å². The van der Waals surface area contributed by atoms with E-state index < -0.39 is 11.9 Å². The number of pyridine rings is 1. The van der Waals surface area contributed by atoms with E-state index in [0.29, 0.717) is 33.5 Å². The van der Waals surface area contributed by atoms with Crippen LogP contribution in [-0.4, -0.2) is 25.1 Å². The van der Waals surface area contributed by atoms with E-state index in [4.69, 9.17) is 16.3 Å². The van der Waals surface area contributed by atoms with Gasteiger partial charge in [-0.05, 0) is 60.7 Å². The third kappa shape index (κ3) is 6.04. The van der Waals surface area contributed by atoms with Crippen LogP contribution in [0.2, 0.25) is 5.02 Å². The first kappa shape index (κ1) is 24.3. The molecule has 0 aliphatic rings. The largest absolute Gasteiger partial charge is 0.457 e. The van der Waals surface area contributed by atoms with Gasteiger partial charge in [-0.25, -0.2) is 15.0 Å². The molecule has 0 spiro atoms. The highest BCUT2D eigenvalue weighted by molar-refractivity contribution is 6.30. The number of H-pyrrole nitrogens is 1. The molecule has 5 aromatic rings. The first-order chi connectivity index (χ1) is 17.8. The highest BCUT2D eigenvalue weighted by Crippen LogP contribution is 2.32. The fourth-order valence-corrected chi connectivity index (χ4v) is 3.55. The standard InChI is InChI=1S/C26H18ClF3N6O/c27-19-3-7-22(8-4-19)37-21-5-1-17(2-6-21)25-32-12-16(13-33-25)11-31-20-9-23(18-14-34-35-15-18)36-24(10-20)26(28,29)30/h1-10,12-15H,11H2,(H,31,36)(H,34,35). The highest BCUT2D eigenvalue weighted by atomic mass is 35.5. The summed E-state index contributed by atoms with van der Waals surface area (Å²) in [6.07, 6.45) is 1.55. The Morgan fingerprint density at radius 1 is 0.865 bits per heavy atom. The van der Waals surface area contributed by atoms with E-state index >= 15 is 0 Å². The first-order valence-corrected chi connectivity index (χ1v) is 11.4. The molecule has 3 aromatic heterocycles. The molecule has 0 fully saturated rings. The molecule has 2 N–H and O–H groups in total. The van der Waals surface area contributed by atoms with Crippen molar-refractivity contribution in [3.8, 4) is 34.1 Å². The van der Waals surface area contributed by atoms with E-state index in [1.165, 1.54) is 18.5 Å². The van der Waals surface area contributed by atoms with Gasteiger partial charge in [0.15, 0.2) is 5.82 Å². The van der Waals surface area contributed by atoms with Gasteiger partial charge in [0, 0.05) is 52.5 Å². The molecule has 0 saturated heterocycles. The minimum atomic E-state index is -4.59. The van der Waals surface area contributed by atoms with Gasteiger partial charge in [0.1, 0.15) is 17.2 Å². The second kappa shape index (κ2) is 10.3. The Balaban J connectivity index is 1.26. The molecule has 0 amide bonds. The number of benzene rings is 2. The van der Waals surface area contributed by atoms with Crippen LogP contribution in [0, 0.1) is 0 Å². The van der Waals surface area contributed by atoms with Crippen LogP contribution < -0.4 is 10.1 Å². The second-order valence-corrected chi connectivity index (χ2v) is 8.40. The molecule has 7 nitrogen and oxygen atoms in total. The number of aromatic amines is 1. The van der Waals surface area contributed by atoms with Crippen molar-refractivity contribution in [2.75, 3.05) is 5.32 Å². The Kier molecular flexibility index (Phi) is 6.74. The molecule has 11 heteroatoms. The molecular weight excluding hydrogens is 505 g/mol. The lowest BCUT2D eigenvalue weighted by molar-refractivity contribution is -0.141. The van der Waals surface area contributed by atoms with Gasteiger partial charge in [0.2, 0.25) is 0 Å². The molecule has 186 valence electrons. The number of nitrogens with zero attached hydrogens (tertiary/aromatic N) is 4. The van der Waals surface area contributed by atoms with Gasteiger partial charge in [-0.1, -0.05) is 11.6 Å². The zero-order valence-corrected chi connectivity index (χ0v) is 19.8. The van der Waals surface area contributed by atoms with E-state index in [9.17, 15) is 13.2 Å². The molecular formula is C26H18ClF3N6O. The molecule has 0 unspecified atom stereocenters. The van der Waals surface area contributed by atoms with Gasteiger partial charge in [0.05, 0.1) is 11.9 Å². The van der Waals surface area contributed by atoms with Gasteiger partial charge in [0.25, 0.3) is 0 Å². The Morgan fingerprint density at radius 3 is 2.16 bits per heavy atom. The maximum absolute atomic E-state index is 13.4. The number of hydrogen-bond acceptors (Lipinski definition) is 6. The average Bonchev–Trinajstić information content (AvgIpc) is 3.44. The molecule has 3 heterocycles. The summed E-state index contributed by atoms with van der Waals surface area (Å²) in [6, 6.07) is 16.8. The van der Waals surface area contributed by atoms with Crippen LogP contribution in [0.1, 0.15) is 11.3 Å².